The monoisotopic (exact) mass is 202 g/mol. The number of piperidine rings is 1. The summed E-state index contributed by atoms with van der Waals surface area (Å²) in [6, 6.07) is 0.801. The van der Waals surface area contributed by atoms with Gasteiger partial charge in [0, 0.05) is 18.3 Å². The van der Waals surface area contributed by atoms with E-state index in [1.165, 1.54) is 32.5 Å². The van der Waals surface area contributed by atoms with E-state index in [0.29, 0.717) is 0 Å². The highest BCUT2D eigenvalue weighted by molar-refractivity contribution is 7.80. The van der Waals surface area contributed by atoms with E-state index >= 15 is 0 Å². The first-order valence-electron chi connectivity index (χ1n) is 5.31. The van der Waals surface area contributed by atoms with Crippen molar-refractivity contribution in [2.45, 2.75) is 25.8 Å². The smallest absolute Gasteiger partial charge is 0.0117 e. The third kappa shape index (κ3) is 3.49. The number of rotatable bonds is 4. The molecule has 2 nitrogen and oxygen atoms in total. The molecule has 0 aliphatic carbocycles. The molecule has 1 aliphatic rings. The minimum atomic E-state index is 0.801. The van der Waals surface area contributed by atoms with Crippen molar-refractivity contribution in [2.24, 2.45) is 0 Å². The molecule has 1 fully saturated rings. The number of likely N-dealkylation sites (tertiary alicyclic amines) is 1. The normalized spacial score (nSPS) is 21.2. The molecule has 3 heteroatoms. The van der Waals surface area contributed by atoms with Crippen LogP contribution in [0.2, 0.25) is 0 Å². The first-order valence-corrected chi connectivity index (χ1v) is 5.94. The number of thiol groups is 1. The van der Waals surface area contributed by atoms with Crippen LogP contribution in [0, 0.1) is 0 Å². The van der Waals surface area contributed by atoms with E-state index in [0.717, 1.165) is 18.3 Å². The molecule has 0 aromatic heterocycles. The van der Waals surface area contributed by atoms with Crippen LogP contribution in [0.5, 0.6) is 0 Å². The third-order valence-electron chi connectivity index (χ3n) is 3.08. The van der Waals surface area contributed by atoms with E-state index in [4.69, 9.17) is 0 Å². The Hall–Kier alpha value is 0.270. The lowest BCUT2D eigenvalue weighted by Gasteiger charge is -2.36. The van der Waals surface area contributed by atoms with E-state index in [1.807, 2.05) is 0 Å². The number of hydrogen-bond donors (Lipinski definition) is 1. The molecule has 0 aromatic rings. The number of nitrogens with zero attached hydrogens (tertiary/aromatic N) is 2. The summed E-state index contributed by atoms with van der Waals surface area (Å²) in [6.07, 6.45) is 2.66. The maximum atomic E-state index is 4.26. The zero-order valence-electron chi connectivity index (χ0n) is 8.87. The van der Waals surface area contributed by atoms with Gasteiger partial charge in [-0.1, -0.05) is 6.92 Å². The van der Waals surface area contributed by atoms with Crippen molar-refractivity contribution in [1.82, 2.24) is 9.80 Å². The summed E-state index contributed by atoms with van der Waals surface area (Å²) in [5.74, 6) is 0.977. The highest BCUT2D eigenvalue weighted by Gasteiger charge is 2.20. The first kappa shape index (κ1) is 11.3. The van der Waals surface area contributed by atoms with Gasteiger partial charge in [-0.2, -0.15) is 12.6 Å². The molecule has 0 unspecified atom stereocenters. The molecule has 0 radical (unpaired) electrons. The molecule has 1 aliphatic heterocycles. The molecule has 0 bridgehead atoms. The molecule has 1 saturated heterocycles. The lowest BCUT2D eigenvalue weighted by atomic mass is 10.0. The predicted octanol–water partition coefficient (Wildman–Crippen LogP) is 1.33. The SMILES string of the molecule is CCN1CCC(N(C)CCS)CC1. The molecular formula is C10H22N2S. The molecule has 78 valence electrons. The van der Waals surface area contributed by atoms with Crippen molar-refractivity contribution in [3.05, 3.63) is 0 Å². The molecule has 0 atom stereocenters. The lowest BCUT2D eigenvalue weighted by molar-refractivity contribution is 0.137. The Morgan fingerprint density at radius 1 is 1.38 bits per heavy atom. The van der Waals surface area contributed by atoms with Gasteiger partial charge >= 0.3 is 0 Å². The summed E-state index contributed by atoms with van der Waals surface area (Å²) in [6.45, 7) is 7.14. The molecule has 0 N–H and O–H groups in total. The Balaban J connectivity index is 2.23. The zero-order chi connectivity index (χ0) is 9.68. The molecule has 13 heavy (non-hydrogen) atoms. The van der Waals surface area contributed by atoms with Crippen molar-refractivity contribution in [3.8, 4) is 0 Å². The standard InChI is InChI=1S/C10H22N2S/c1-3-12-6-4-10(5-7-12)11(2)8-9-13/h10,13H,3-9H2,1-2H3. The first-order chi connectivity index (χ1) is 6.27. The Morgan fingerprint density at radius 2 is 2.00 bits per heavy atom. The van der Waals surface area contributed by atoms with Gasteiger partial charge in [0.1, 0.15) is 0 Å². The van der Waals surface area contributed by atoms with E-state index in [-0.39, 0.29) is 0 Å². The fraction of sp³-hybridized carbons (Fsp3) is 1.00. The average molecular weight is 202 g/mol. The van der Waals surface area contributed by atoms with Gasteiger partial charge in [0.05, 0.1) is 0 Å². The molecule has 0 saturated carbocycles. The largest absolute Gasteiger partial charge is 0.303 e. The topological polar surface area (TPSA) is 6.48 Å². The van der Waals surface area contributed by atoms with Gasteiger partial charge in [0.2, 0.25) is 0 Å². The zero-order valence-corrected chi connectivity index (χ0v) is 9.76. The molecule has 1 rings (SSSR count). The van der Waals surface area contributed by atoms with Gasteiger partial charge in [0.15, 0.2) is 0 Å². The quantitative estimate of drug-likeness (QED) is 0.687. The van der Waals surface area contributed by atoms with Crippen LogP contribution in [-0.2, 0) is 0 Å². The molecule has 0 spiro atoms. The minimum Gasteiger partial charge on any atom is -0.303 e. The van der Waals surface area contributed by atoms with Crippen LogP contribution in [0.15, 0.2) is 0 Å². The predicted molar refractivity (Wildman–Crippen MR) is 61.6 cm³/mol. The van der Waals surface area contributed by atoms with Gasteiger partial charge in [0.25, 0.3) is 0 Å². The van der Waals surface area contributed by atoms with Crippen molar-refractivity contribution in [1.29, 1.82) is 0 Å². The van der Waals surface area contributed by atoms with Gasteiger partial charge in [-0.25, -0.2) is 0 Å². The molecule has 0 aromatic carbocycles. The van der Waals surface area contributed by atoms with Crippen LogP contribution >= 0.6 is 12.6 Å². The van der Waals surface area contributed by atoms with Crippen LogP contribution in [0.3, 0.4) is 0 Å². The summed E-state index contributed by atoms with van der Waals surface area (Å²) >= 11 is 4.26. The molecular weight excluding hydrogens is 180 g/mol. The fourth-order valence-corrected chi connectivity index (χ4v) is 2.33. The molecule has 1 heterocycles. The van der Waals surface area contributed by atoms with Crippen molar-refractivity contribution in [2.75, 3.05) is 39.0 Å². The van der Waals surface area contributed by atoms with Gasteiger partial charge in [-0.15, -0.1) is 0 Å². The van der Waals surface area contributed by atoms with E-state index in [1.54, 1.807) is 0 Å². The van der Waals surface area contributed by atoms with Gasteiger partial charge in [-0.3, -0.25) is 0 Å². The summed E-state index contributed by atoms with van der Waals surface area (Å²) in [4.78, 5) is 4.99. The summed E-state index contributed by atoms with van der Waals surface area (Å²) in [5.41, 5.74) is 0. The van der Waals surface area contributed by atoms with Gasteiger partial charge < -0.3 is 9.80 Å². The third-order valence-corrected chi connectivity index (χ3v) is 3.28. The van der Waals surface area contributed by atoms with Crippen molar-refractivity contribution in [3.63, 3.8) is 0 Å². The Bertz CT molecular complexity index is 133. The number of hydrogen-bond acceptors (Lipinski definition) is 3. The second-order valence-electron chi connectivity index (χ2n) is 3.87. The van der Waals surface area contributed by atoms with E-state index in [2.05, 4.69) is 36.4 Å². The Labute approximate surface area is 87.7 Å². The fourth-order valence-electron chi connectivity index (χ4n) is 2.02. The average Bonchev–Trinajstić information content (AvgIpc) is 2.18. The highest BCUT2D eigenvalue weighted by atomic mass is 32.1. The summed E-state index contributed by atoms with van der Waals surface area (Å²) in [7, 11) is 2.22. The Kier molecular flexibility index (Phi) is 5.14. The van der Waals surface area contributed by atoms with Crippen LogP contribution in [0.4, 0.5) is 0 Å². The van der Waals surface area contributed by atoms with Gasteiger partial charge in [-0.05, 0) is 39.5 Å². The van der Waals surface area contributed by atoms with Crippen LogP contribution in [0.25, 0.3) is 0 Å². The summed E-state index contributed by atoms with van der Waals surface area (Å²) < 4.78 is 0. The van der Waals surface area contributed by atoms with E-state index < -0.39 is 0 Å². The highest BCUT2D eigenvalue weighted by Crippen LogP contribution is 2.14. The lowest BCUT2D eigenvalue weighted by Crippen LogP contribution is -2.43. The second-order valence-corrected chi connectivity index (χ2v) is 4.32. The van der Waals surface area contributed by atoms with Crippen LogP contribution < -0.4 is 0 Å². The second kappa shape index (κ2) is 5.89. The Morgan fingerprint density at radius 3 is 2.46 bits per heavy atom. The minimum absolute atomic E-state index is 0.801. The molecule has 0 amide bonds. The maximum Gasteiger partial charge on any atom is 0.0117 e. The van der Waals surface area contributed by atoms with Crippen LogP contribution in [0.1, 0.15) is 19.8 Å². The van der Waals surface area contributed by atoms with Crippen LogP contribution in [-0.4, -0.2) is 54.8 Å². The summed E-state index contributed by atoms with van der Waals surface area (Å²) in [5, 5.41) is 0. The maximum absolute atomic E-state index is 4.26. The van der Waals surface area contributed by atoms with Crippen molar-refractivity contribution >= 4 is 12.6 Å². The van der Waals surface area contributed by atoms with E-state index in [9.17, 15) is 0 Å². The van der Waals surface area contributed by atoms with Crippen molar-refractivity contribution < 1.29 is 0 Å².